The first kappa shape index (κ1) is 12.5. The minimum absolute atomic E-state index is 1.01. The van der Waals surface area contributed by atoms with Crippen molar-refractivity contribution in [2.24, 2.45) is 0 Å². The molecule has 2 heteroatoms. The Balaban J connectivity index is 3.57. The standard InChI is InChI=1S/C13H22NP/c1-5-9-8(4)10(6-2)13(15)11(7-3)12(9)14/h5-7,14-15H2,1-4H3. The summed E-state index contributed by atoms with van der Waals surface area (Å²) in [5.74, 6) is 0. The van der Waals surface area contributed by atoms with Gasteiger partial charge in [-0.3, -0.25) is 0 Å². The van der Waals surface area contributed by atoms with Crippen LogP contribution in [0.1, 0.15) is 43.0 Å². The average molecular weight is 223 g/mol. The molecule has 1 aromatic rings. The van der Waals surface area contributed by atoms with E-state index in [1.807, 2.05) is 0 Å². The molecule has 15 heavy (non-hydrogen) atoms. The van der Waals surface area contributed by atoms with Crippen molar-refractivity contribution in [3.05, 3.63) is 22.3 Å². The lowest BCUT2D eigenvalue weighted by atomic mass is 9.92. The number of hydrogen-bond acceptors (Lipinski definition) is 1. The van der Waals surface area contributed by atoms with Gasteiger partial charge in [-0.05, 0) is 53.7 Å². The van der Waals surface area contributed by atoms with Crippen molar-refractivity contribution in [2.45, 2.75) is 47.0 Å². The summed E-state index contributed by atoms with van der Waals surface area (Å²) >= 11 is 0. The van der Waals surface area contributed by atoms with Crippen LogP contribution in [0.3, 0.4) is 0 Å². The van der Waals surface area contributed by atoms with Gasteiger partial charge >= 0.3 is 0 Å². The summed E-state index contributed by atoms with van der Waals surface area (Å²) in [6.45, 7) is 8.76. The second-order valence-corrected chi connectivity index (χ2v) is 4.53. The second kappa shape index (κ2) is 4.99. The van der Waals surface area contributed by atoms with E-state index in [1.54, 1.807) is 0 Å². The Morgan fingerprint density at radius 1 is 0.933 bits per heavy atom. The molecule has 1 nitrogen and oxygen atoms in total. The molecule has 2 N–H and O–H groups in total. The van der Waals surface area contributed by atoms with E-state index >= 15 is 0 Å². The highest BCUT2D eigenvalue weighted by atomic mass is 31.0. The van der Waals surface area contributed by atoms with E-state index in [9.17, 15) is 0 Å². The lowest BCUT2D eigenvalue weighted by Crippen LogP contribution is -2.16. The van der Waals surface area contributed by atoms with Gasteiger partial charge in [0.1, 0.15) is 0 Å². The number of anilines is 1. The van der Waals surface area contributed by atoms with E-state index in [4.69, 9.17) is 5.73 Å². The van der Waals surface area contributed by atoms with Crippen LogP contribution in [0.5, 0.6) is 0 Å². The number of hydrogen-bond donors (Lipinski definition) is 1. The first-order chi connectivity index (χ1) is 7.08. The van der Waals surface area contributed by atoms with Crippen molar-refractivity contribution in [3.8, 4) is 0 Å². The summed E-state index contributed by atoms with van der Waals surface area (Å²) in [5.41, 5.74) is 12.7. The van der Waals surface area contributed by atoms with Crippen LogP contribution in [0.4, 0.5) is 5.69 Å². The fraction of sp³-hybridized carbons (Fsp3) is 0.538. The van der Waals surface area contributed by atoms with Crippen molar-refractivity contribution in [1.82, 2.24) is 0 Å². The smallest absolute Gasteiger partial charge is 0.0388 e. The number of nitrogens with two attached hydrogens (primary N) is 1. The van der Waals surface area contributed by atoms with Gasteiger partial charge in [0.25, 0.3) is 0 Å². The average Bonchev–Trinajstić information content (AvgIpc) is 2.19. The van der Waals surface area contributed by atoms with Crippen LogP contribution in [0.2, 0.25) is 0 Å². The molecule has 0 fully saturated rings. The summed E-state index contributed by atoms with van der Waals surface area (Å²) in [6.07, 6.45) is 3.14. The lowest BCUT2D eigenvalue weighted by molar-refractivity contribution is 1.03. The SMILES string of the molecule is CCc1c(C)c(CC)c(P)c(CC)c1N. The van der Waals surface area contributed by atoms with Crippen LogP contribution in [-0.2, 0) is 19.3 Å². The fourth-order valence-electron chi connectivity index (χ4n) is 2.39. The van der Waals surface area contributed by atoms with Crippen LogP contribution in [-0.4, -0.2) is 0 Å². The molecule has 0 aromatic heterocycles. The zero-order valence-electron chi connectivity index (χ0n) is 10.3. The van der Waals surface area contributed by atoms with Crippen molar-refractivity contribution >= 4 is 20.2 Å². The predicted octanol–water partition coefficient (Wildman–Crippen LogP) is 2.76. The van der Waals surface area contributed by atoms with Crippen molar-refractivity contribution in [3.63, 3.8) is 0 Å². The quantitative estimate of drug-likeness (QED) is 0.619. The minimum Gasteiger partial charge on any atom is -0.398 e. The fourth-order valence-corrected chi connectivity index (χ4v) is 3.17. The third-order valence-electron chi connectivity index (χ3n) is 3.27. The molecule has 1 rings (SSSR count). The molecule has 1 atom stereocenters. The van der Waals surface area contributed by atoms with Gasteiger partial charge in [0.05, 0.1) is 0 Å². The number of nitrogen functional groups attached to an aromatic ring is 1. The third kappa shape index (κ3) is 2.03. The predicted molar refractivity (Wildman–Crippen MR) is 73.1 cm³/mol. The first-order valence-corrected chi connectivity index (χ1v) is 6.34. The van der Waals surface area contributed by atoms with E-state index in [0.717, 1.165) is 24.9 Å². The highest BCUT2D eigenvalue weighted by Gasteiger charge is 2.14. The van der Waals surface area contributed by atoms with Gasteiger partial charge in [-0.1, -0.05) is 20.8 Å². The molecule has 1 aromatic carbocycles. The maximum Gasteiger partial charge on any atom is 0.0388 e. The molecule has 0 heterocycles. The van der Waals surface area contributed by atoms with E-state index in [1.165, 1.54) is 27.6 Å². The normalized spacial score (nSPS) is 10.7. The van der Waals surface area contributed by atoms with Crippen LogP contribution in [0.25, 0.3) is 0 Å². The van der Waals surface area contributed by atoms with Gasteiger partial charge < -0.3 is 5.73 Å². The van der Waals surface area contributed by atoms with Crippen molar-refractivity contribution in [1.29, 1.82) is 0 Å². The van der Waals surface area contributed by atoms with E-state index in [2.05, 4.69) is 36.9 Å². The molecule has 0 bridgehead atoms. The zero-order valence-corrected chi connectivity index (χ0v) is 11.4. The highest BCUT2D eigenvalue weighted by molar-refractivity contribution is 7.27. The van der Waals surface area contributed by atoms with Gasteiger partial charge in [-0.2, -0.15) is 0 Å². The van der Waals surface area contributed by atoms with E-state index in [-0.39, 0.29) is 0 Å². The highest BCUT2D eigenvalue weighted by Crippen LogP contribution is 2.26. The summed E-state index contributed by atoms with van der Waals surface area (Å²) in [6, 6.07) is 0. The van der Waals surface area contributed by atoms with Crippen molar-refractivity contribution < 1.29 is 0 Å². The second-order valence-electron chi connectivity index (χ2n) is 3.95. The van der Waals surface area contributed by atoms with E-state index in [0.29, 0.717) is 0 Å². The molecular formula is C13H22NP. The van der Waals surface area contributed by atoms with Gasteiger partial charge in [0.2, 0.25) is 0 Å². The van der Waals surface area contributed by atoms with Gasteiger partial charge in [-0.15, -0.1) is 9.24 Å². The van der Waals surface area contributed by atoms with Gasteiger partial charge in [0, 0.05) is 5.69 Å². The Morgan fingerprint density at radius 2 is 1.40 bits per heavy atom. The Kier molecular flexibility index (Phi) is 4.16. The monoisotopic (exact) mass is 223 g/mol. The lowest BCUT2D eigenvalue weighted by Gasteiger charge is -2.19. The summed E-state index contributed by atoms with van der Waals surface area (Å²) < 4.78 is 0. The number of rotatable bonds is 3. The Hall–Kier alpha value is -0.550. The molecule has 0 saturated carbocycles. The molecule has 0 saturated heterocycles. The topological polar surface area (TPSA) is 26.0 Å². The molecule has 0 aliphatic heterocycles. The molecule has 0 aliphatic rings. The Morgan fingerprint density at radius 3 is 1.80 bits per heavy atom. The van der Waals surface area contributed by atoms with Crippen LogP contribution in [0.15, 0.2) is 0 Å². The maximum atomic E-state index is 6.22. The molecule has 0 amide bonds. The molecular weight excluding hydrogens is 201 g/mol. The van der Waals surface area contributed by atoms with Crippen LogP contribution < -0.4 is 11.0 Å². The van der Waals surface area contributed by atoms with Crippen LogP contribution >= 0.6 is 9.24 Å². The summed E-state index contributed by atoms with van der Waals surface area (Å²) in [4.78, 5) is 0. The molecule has 84 valence electrons. The maximum absolute atomic E-state index is 6.22. The Labute approximate surface area is 95.7 Å². The summed E-state index contributed by atoms with van der Waals surface area (Å²) in [5, 5.41) is 1.33. The molecule has 0 radical (unpaired) electrons. The molecule has 0 aliphatic carbocycles. The third-order valence-corrected chi connectivity index (χ3v) is 3.96. The number of benzene rings is 1. The zero-order chi connectivity index (χ0) is 11.6. The van der Waals surface area contributed by atoms with Crippen LogP contribution in [0, 0.1) is 6.92 Å². The van der Waals surface area contributed by atoms with Crippen molar-refractivity contribution in [2.75, 3.05) is 5.73 Å². The largest absolute Gasteiger partial charge is 0.398 e. The Bertz CT molecular complexity index is 291. The first-order valence-electron chi connectivity index (χ1n) is 5.76. The molecule has 0 spiro atoms. The summed E-state index contributed by atoms with van der Waals surface area (Å²) in [7, 11) is 2.87. The molecule has 1 unspecified atom stereocenters. The van der Waals surface area contributed by atoms with Gasteiger partial charge in [0.15, 0.2) is 0 Å². The minimum atomic E-state index is 1.01. The van der Waals surface area contributed by atoms with E-state index < -0.39 is 0 Å². The van der Waals surface area contributed by atoms with Gasteiger partial charge in [-0.25, -0.2) is 0 Å².